The van der Waals surface area contributed by atoms with Crippen molar-refractivity contribution in [3.63, 3.8) is 0 Å². The number of unbranched alkanes of at least 4 members (excludes halogenated alkanes) is 20. The minimum absolute atomic E-state index is 0.102. The molecule has 0 aliphatic heterocycles. The molecule has 466 valence electrons. The molecule has 0 aromatic carbocycles. The Morgan fingerprint density at radius 3 is 0.747 bits per heavy atom. The van der Waals surface area contributed by atoms with Crippen LogP contribution in [0.1, 0.15) is 278 Å². The van der Waals surface area contributed by atoms with E-state index >= 15 is 0 Å². The molecule has 0 N–H and O–H groups in total. The molecule has 6 heteroatoms. The maximum atomic E-state index is 12.9. The quantitative estimate of drug-likeness (QED) is 0.0261. The molecule has 0 spiro atoms. The molecule has 1 atom stereocenters. The lowest BCUT2D eigenvalue weighted by Crippen LogP contribution is -2.30. The lowest BCUT2D eigenvalue weighted by atomic mass is 10.1. The number of allylic oxidation sites excluding steroid dienone is 28. The van der Waals surface area contributed by atoms with E-state index in [0.29, 0.717) is 19.3 Å². The lowest BCUT2D eigenvalue weighted by molar-refractivity contribution is -0.167. The number of hydrogen-bond acceptors (Lipinski definition) is 6. The molecule has 0 heterocycles. The van der Waals surface area contributed by atoms with E-state index in [1.54, 1.807) is 0 Å². The van der Waals surface area contributed by atoms with Crippen molar-refractivity contribution in [1.29, 1.82) is 0 Å². The van der Waals surface area contributed by atoms with E-state index in [4.69, 9.17) is 14.2 Å². The molecule has 0 radical (unpaired) electrons. The molecule has 0 aromatic rings. The van der Waals surface area contributed by atoms with Crippen LogP contribution in [0.25, 0.3) is 0 Å². The van der Waals surface area contributed by atoms with Crippen molar-refractivity contribution in [2.75, 3.05) is 13.2 Å². The molecule has 1 unspecified atom stereocenters. The Balaban J connectivity index is 4.41. The molecular formula is C77H122O6. The molecule has 83 heavy (non-hydrogen) atoms. The minimum atomic E-state index is -0.808. The third-order valence-corrected chi connectivity index (χ3v) is 13.7. The highest BCUT2D eigenvalue weighted by Crippen LogP contribution is 2.14. The van der Waals surface area contributed by atoms with Gasteiger partial charge < -0.3 is 14.2 Å². The summed E-state index contributed by atoms with van der Waals surface area (Å²) in [6.07, 6.45) is 102. The van der Waals surface area contributed by atoms with Crippen molar-refractivity contribution in [2.45, 2.75) is 284 Å². The van der Waals surface area contributed by atoms with Crippen LogP contribution in [0, 0.1) is 0 Å². The van der Waals surface area contributed by atoms with Crippen LogP contribution >= 0.6 is 0 Å². The largest absolute Gasteiger partial charge is 0.462 e. The topological polar surface area (TPSA) is 78.9 Å². The van der Waals surface area contributed by atoms with Crippen LogP contribution in [-0.4, -0.2) is 37.2 Å². The maximum Gasteiger partial charge on any atom is 0.306 e. The number of ether oxygens (including phenoxy) is 3. The van der Waals surface area contributed by atoms with Crippen LogP contribution in [0.3, 0.4) is 0 Å². The molecule has 0 bridgehead atoms. The van der Waals surface area contributed by atoms with Gasteiger partial charge in [-0.05, 0) is 154 Å². The lowest BCUT2D eigenvalue weighted by Gasteiger charge is -2.18. The van der Waals surface area contributed by atoms with Crippen molar-refractivity contribution in [3.8, 4) is 0 Å². The smallest absolute Gasteiger partial charge is 0.306 e. The Bertz CT molecular complexity index is 1890. The van der Waals surface area contributed by atoms with E-state index < -0.39 is 6.10 Å². The van der Waals surface area contributed by atoms with Gasteiger partial charge in [-0.3, -0.25) is 14.4 Å². The predicted molar refractivity (Wildman–Crippen MR) is 361 cm³/mol. The van der Waals surface area contributed by atoms with Gasteiger partial charge >= 0.3 is 17.9 Å². The zero-order chi connectivity index (χ0) is 59.9. The first kappa shape index (κ1) is 77.8. The second-order valence-electron chi connectivity index (χ2n) is 21.6. The first-order valence-electron chi connectivity index (χ1n) is 33.6. The number of carbonyl (C=O) groups excluding carboxylic acids is 3. The summed E-state index contributed by atoms with van der Waals surface area (Å²) in [4.78, 5) is 38.4. The first-order valence-corrected chi connectivity index (χ1v) is 33.6. The van der Waals surface area contributed by atoms with Crippen LogP contribution in [0.4, 0.5) is 0 Å². The van der Waals surface area contributed by atoms with Crippen LogP contribution in [0.2, 0.25) is 0 Å². The maximum absolute atomic E-state index is 12.9. The first-order chi connectivity index (χ1) is 41.0. The Kier molecular flexibility index (Phi) is 64.9. The molecule has 0 aliphatic rings. The summed E-state index contributed by atoms with van der Waals surface area (Å²) < 4.78 is 16.9. The van der Waals surface area contributed by atoms with Gasteiger partial charge in [-0.15, -0.1) is 0 Å². The van der Waals surface area contributed by atoms with Crippen molar-refractivity contribution in [1.82, 2.24) is 0 Å². The Hall–Kier alpha value is -5.23. The molecule has 0 saturated heterocycles. The van der Waals surface area contributed by atoms with Crippen molar-refractivity contribution in [3.05, 3.63) is 170 Å². The van der Waals surface area contributed by atoms with Gasteiger partial charge in [0.1, 0.15) is 13.2 Å². The third-order valence-electron chi connectivity index (χ3n) is 13.7. The molecule has 6 nitrogen and oxygen atoms in total. The zero-order valence-electron chi connectivity index (χ0n) is 53.4. The van der Waals surface area contributed by atoms with Crippen molar-refractivity contribution < 1.29 is 28.6 Å². The van der Waals surface area contributed by atoms with E-state index in [-0.39, 0.29) is 31.1 Å². The van der Waals surface area contributed by atoms with Crippen molar-refractivity contribution in [2.24, 2.45) is 0 Å². The predicted octanol–water partition coefficient (Wildman–Crippen LogP) is 23.4. The highest BCUT2D eigenvalue weighted by Gasteiger charge is 2.19. The molecule has 0 amide bonds. The van der Waals surface area contributed by atoms with E-state index in [2.05, 4.69) is 191 Å². The Morgan fingerprint density at radius 1 is 0.253 bits per heavy atom. The molecule has 0 saturated carbocycles. The van der Waals surface area contributed by atoms with Gasteiger partial charge in [0.25, 0.3) is 0 Å². The number of carbonyl (C=O) groups is 3. The average Bonchev–Trinajstić information content (AvgIpc) is 3.49. The standard InChI is InChI=1S/C77H122O6/c1-4-7-10-13-16-19-22-25-27-29-31-33-34-35-36-37-38-39-40-41-42-44-45-47-49-52-55-58-61-64-67-70-76(79)82-73-74(72-81-75(78)69-66-63-60-57-54-51-24-21-18-15-12-9-6-3)83-77(80)71-68-65-62-59-56-53-50-48-46-43-32-30-28-26-23-20-17-14-11-8-5-2/h7-8,10-11,16-17,19-21,24-28,31-33,35-36,38-39,41-43,45,47-48,50,74H,4-6,9,12-15,18,22-23,29-30,34,37,40,44,46,49,51-73H2,1-3H3/b10-7-,11-8-,19-16-,20-17-,24-21-,27-25-,28-26-,33-31-,36-35-,39-38-,42-41-,43-32-,47-45-,50-48-. The summed E-state index contributed by atoms with van der Waals surface area (Å²) in [5, 5.41) is 0. The van der Waals surface area contributed by atoms with Crippen LogP contribution in [0.15, 0.2) is 170 Å². The molecule has 0 aliphatic carbocycles. The van der Waals surface area contributed by atoms with Gasteiger partial charge in [0.2, 0.25) is 0 Å². The molecule has 0 rings (SSSR count). The van der Waals surface area contributed by atoms with Gasteiger partial charge in [-0.1, -0.05) is 274 Å². The second-order valence-corrected chi connectivity index (χ2v) is 21.6. The van der Waals surface area contributed by atoms with Gasteiger partial charge in [0.05, 0.1) is 0 Å². The van der Waals surface area contributed by atoms with Gasteiger partial charge in [-0.25, -0.2) is 0 Å². The van der Waals surface area contributed by atoms with Crippen molar-refractivity contribution >= 4 is 17.9 Å². The summed E-state index contributed by atoms with van der Waals surface area (Å²) >= 11 is 0. The monoisotopic (exact) mass is 1140 g/mol. The highest BCUT2D eigenvalue weighted by molar-refractivity contribution is 5.71. The third kappa shape index (κ3) is 67.4. The van der Waals surface area contributed by atoms with Crippen LogP contribution in [-0.2, 0) is 28.6 Å². The highest BCUT2D eigenvalue weighted by atomic mass is 16.6. The van der Waals surface area contributed by atoms with Gasteiger partial charge in [-0.2, -0.15) is 0 Å². The summed E-state index contributed by atoms with van der Waals surface area (Å²) in [7, 11) is 0. The molecule has 0 aromatic heterocycles. The number of esters is 3. The Labute approximate surface area is 511 Å². The Morgan fingerprint density at radius 2 is 0.470 bits per heavy atom. The summed E-state index contributed by atoms with van der Waals surface area (Å²) in [5.74, 6) is -0.947. The fourth-order valence-electron chi connectivity index (χ4n) is 8.71. The van der Waals surface area contributed by atoms with E-state index in [1.807, 2.05) is 0 Å². The van der Waals surface area contributed by atoms with Crippen LogP contribution in [0.5, 0.6) is 0 Å². The van der Waals surface area contributed by atoms with E-state index in [9.17, 15) is 14.4 Å². The number of hydrogen-bond donors (Lipinski definition) is 0. The van der Waals surface area contributed by atoms with Crippen LogP contribution < -0.4 is 0 Å². The molecule has 0 fully saturated rings. The average molecular weight is 1140 g/mol. The fraction of sp³-hybridized carbons (Fsp3) is 0.597. The second kappa shape index (κ2) is 69.3. The van der Waals surface area contributed by atoms with E-state index in [0.717, 1.165) is 186 Å². The van der Waals surface area contributed by atoms with E-state index in [1.165, 1.54) is 51.4 Å². The summed E-state index contributed by atoms with van der Waals surface area (Å²) in [6.45, 7) is 6.36. The summed E-state index contributed by atoms with van der Waals surface area (Å²) in [5.41, 5.74) is 0. The number of rotatable bonds is 59. The minimum Gasteiger partial charge on any atom is -0.462 e. The SMILES string of the molecule is CC/C=C\C/C=C\C/C=C\C/C=C\C/C=C\C/C=C\C/C=C\C/C=C\CCCCCCCCC(=O)OCC(COC(=O)CCCCCCC/C=C\CCCCCC)OC(=O)CCCCCCC/C=C\C/C=C\C/C=C\C/C=C\C/C=C\CC. The zero-order valence-corrected chi connectivity index (χ0v) is 53.4. The molecular weight excluding hydrogens is 1020 g/mol. The normalized spacial score (nSPS) is 13.2. The summed E-state index contributed by atoms with van der Waals surface area (Å²) in [6, 6.07) is 0. The van der Waals surface area contributed by atoms with Gasteiger partial charge in [0.15, 0.2) is 6.10 Å². The fourth-order valence-corrected chi connectivity index (χ4v) is 8.71. The van der Waals surface area contributed by atoms with Gasteiger partial charge in [0, 0.05) is 19.3 Å².